The van der Waals surface area contributed by atoms with Crippen molar-refractivity contribution in [3.8, 4) is 0 Å². The Morgan fingerprint density at radius 1 is 1.44 bits per heavy atom. The van der Waals surface area contributed by atoms with Crippen LogP contribution in [0.2, 0.25) is 0 Å². The van der Waals surface area contributed by atoms with Crippen molar-refractivity contribution < 1.29 is 0 Å². The smallest absolute Gasteiger partial charge is 0.293 e. The third kappa shape index (κ3) is 2.86. The van der Waals surface area contributed by atoms with Crippen LogP contribution in [-0.4, -0.2) is 28.5 Å². The van der Waals surface area contributed by atoms with E-state index in [2.05, 4.69) is 16.8 Å². The van der Waals surface area contributed by atoms with Gasteiger partial charge in [0.15, 0.2) is 5.82 Å². The maximum absolute atomic E-state index is 12.2. The zero-order valence-corrected chi connectivity index (χ0v) is 11.6. The summed E-state index contributed by atoms with van der Waals surface area (Å²) in [5.41, 5.74) is 0.0312. The van der Waals surface area contributed by atoms with Gasteiger partial charge in [-0.1, -0.05) is 6.92 Å². The molecule has 100 valence electrons. The first-order valence-electron chi connectivity index (χ1n) is 6.62. The number of aromatic nitrogens is 2. The first-order valence-corrected chi connectivity index (χ1v) is 7.16. The Kier molecular flexibility index (Phi) is 4.64. The topological polar surface area (TPSA) is 38.1 Å². The van der Waals surface area contributed by atoms with Gasteiger partial charge in [0.1, 0.15) is 0 Å². The third-order valence-electron chi connectivity index (χ3n) is 3.49. The van der Waals surface area contributed by atoms with Crippen LogP contribution in [0.3, 0.4) is 0 Å². The molecule has 1 fully saturated rings. The minimum absolute atomic E-state index is 0.0312. The van der Waals surface area contributed by atoms with Crippen molar-refractivity contribution in [2.75, 3.05) is 23.9 Å². The van der Waals surface area contributed by atoms with Crippen LogP contribution in [0.1, 0.15) is 26.2 Å². The van der Waals surface area contributed by atoms with Crippen LogP contribution in [0.15, 0.2) is 17.2 Å². The Balaban J connectivity index is 2.14. The van der Waals surface area contributed by atoms with Gasteiger partial charge >= 0.3 is 0 Å². The first kappa shape index (κ1) is 13.4. The van der Waals surface area contributed by atoms with Crippen molar-refractivity contribution in [3.05, 3.63) is 22.7 Å². The van der Waals surface area contributed by atoms with Gasteiger partial charge in [0.05, 0.1) is 0 Å². The SMILES string of the molecule is CCCn1ccnc(N2CCC(CCl)CC2)c1=O. The highest BCUT2D eigenvalue weighted by molar-refractivity contribution is 6.18. The average Bonchev–Trinajstić information content (AvgIpc) is 2.42. The van der Waals surface area contributed by atoms with Crippen LogP contribution in [0.5, 0.6) is 0 Å². The van der Waals surface area contributed by atoms with Gasteiger partial charge in [0, 0.05) is 37.9 Å². The number of nitrogens with zero attached hydrogens (tertiary/aromatic N) is 3. The predicted octanol–water partition coefficient (Wildman–Crippen LogP) is 2.11. The van der Waals surface area contributed by atoms with E-state index in [-0.39, 0.29) is 5.56 Å². The van der Waals surface area contributed by atoms with E-state index in [9.17, 15) is 4.79 Å². The monoisotopic (exact) mass is 269 g/mol. The highest BCUT2D eigenvalue weighted by Crippen LogP contribution is 2.20. The van der Waals surface area contributed by atoms with E-state index in [1.165, 1.54) is 0 Å². The normalized spacial score (nSPS) is 17.1. The second-order valence-electron chi connectivity index (χ2n) is 4.83. The number of halogens is 1. The molecule has 0 saturated carbocycles. The highest BCUT2D eigenvalue weighted by Gasteiger charge is 2.21. The number of anilines is 1. The van der Waals surface area contributed by atoms with Crippen LogP contribution in [0.25, 0.3) is 0 Å². The average molecular weight is 270 g/mol. The van der Waals surface area contributed by atoms with Crippen LogP contribution in [0, 0.1) is 5.92 Å². The highest BCUT2D eigenvalue weighted by atomic mass is 35.5. The zero-order chi connectivity index (χ0) is 13.0. The van der Waals surface area contributed by atoms with Gasteiger partial charge in [-0.2, -0.15) is 0 Å². The van der Waals surface area contributed by atoms with Gasteiger partial charge < -0.3 is 9.47 Å². The summed E-state index contributed by atoms with van der Waals surface area (Å²) in [7, 11) is 0. The molecule has 0 aromatic carbocycles. The summed E-state index contributed by atoms with van der Waals surface area (Å²) in [5.74, 6) is 1.90. The van der Waals surface area contributed by atoms with E-state index in [4.69, 9.17) is 11.6 Å². The first-order chi connectivity index (χ1) is 8.76. The van der Waals surface area contributed by atoms with Crippen molar-refractivity contribution in [2.24, 2.45) is 5.92 Å². The fourth-order valence-corrected chi connectivity index (χ4v) is 2.68. The van der Waals surface area contributed by atoms with E-state index < -0.39 is 0 Å². The number of alkyl halides is 1. The number of hydrogen-bond donors (Lipinski definition) is 0. The number of rotatable bonds is 4. The molecular formula is C13H20ClN3O. The number of piperidine rings is 1. The van der Waals surface area contributed by atoms with Gasteiger partial charge in [-0.05, 0) is 25.2 Å². The fraction of sp³-hybridized carbons (Fsp3) is 0.692. The molecule has 0 spiro atoms. The standard InChI is InChI=1S/C13H20ClN3O/c1-2-6-17-9-5-15-12(13(17)18)16-7-3-11(10-14)4-8-16/h5,9,11H,2-4,6-8,10H2,1H3. The lowest BCUT2D eigenvalue weighted by molar-refractivity contribution is 0.439. The molecule has 18 heavy (non-hydrogen) atoms. The minimum Gasteiger partial charge on any atom is -0.352 e. The third-order valence-corrected chi connectivity index (χ3v) is 3.93. The summed E-state index contributed by atoms with van der Waals surface area (Å²) in [6.07, 6.45) is 6.54. The lowest BCUT2D eigenvalue weighted by atomic mass is 9.99. The van der Waals surface area contributed by atoms with Gasteiger partial charge in [-0.25, -0.2) is 4.98 Å². The van der Waals surface area contributed by atoms with E-state index in [1.807, 2.05) is 0 Å². The number of hydrogen-bond acceptors (Lipinski definition) is 3. The molecule has 0 amide bonds. The summed E-state index contributed by atoms with van der Waals surface area (Å²) in [6.45, 7) is 4.59. The summed E-state index contributed by atoms with van der Waals surface area (Å²) in [4.78, 5) is 18.6. The molecule has 1 aliphatic rings. The van der Waals surface area contributed by atoms with Crippen LogP contribution in [0.4, 0.5) is 5.82 Å². The summed E-state index contributed by atoms with van der Waals surface area (Å²) in [5, 5.41) is 0. The van der Waals surface area contributed by atoms with Crippen molar-refractivity contribution in [1.82, 2.24) is 9.55 Å². The summed E-state index contributed by atoms with van der Waals surface area (Å²) < 4.78 is 1.75. The fourth-order valence-electron chi connectivity index (χ4n) is 2.37. The quantitative estimate of drug-likeness (QED) is 0.786. The molecule has 0 bridgehead atoms. The van der Waals surface area contributed by atoms with Crippen molar-refractivity contribution in [2.45, 2.75) is 32.7 Å². The molecule has 5 heteroatoms. The zero-order valence-electron chi connectivity index (χ0n) is 10.8. The minimum atomic E-state index is 0.0312. The van der Waals surface area contributed by atoms with Crippen LogP contribution in [-0.2, 0) is 6.54 Å². The Morgan fingerprint density at radius 3 is 2.78 bits per heavy atom. The second kappa shape index (κ2) is 6.23. The van der Waals surface area contributed by atoms with Crippen molar-refractivity contribution >= 4 is 17.4 Å². The van der Waals surface area contributed by atoms with Crippen LogP contribution >= 0.6 is 11.6 Å². The molecule has 2 rings (SSSR count). The maximum Gasteiger partial charge on any atom is 0.293 e. The lowest BCUT2D eigenvalue weighted by Gasteiger charge is -2.31. The molecule has 0 unspecified atom stereocenters. The van der Waals surface area contributed by atoms with Crippen molar-refractivity contribution in [1.29, 1.82) is 0 Å². The van der Waals surface area contributed by atoms with E-state index in [0.717, 1.165) is 44.8 Å². The van der Waals surface area contributed by atoms with Gasteiger partial charge in [-0.3, -0.25) is 4.79 Å². The summed E-state index contributed by atoms with van der Waals surface area (Å²) in [6, 6.07) is 0. The molecule has 0 N–H and O–H groups in total. The Bertz CT molecular complexity index is 438. The lowest BCUT2D eigenvalue weighted by Crippen LogP contribution is -2.39. The van der Waals surface area contributed by atoms with E-state index in [1.54, 1.807) is 17.0 Å². The molecule has 0 radical (unpaired) electrons. The molecule has 2 heterocycles. The van der Waals surface area contributed by atoms with Crippen LogP contribution < -0.4 is 10.5 Å². The molecule has 1 saturated heterocycles. The largest absolute Gasteiger partial charge is 0.352 e. The van der Waals surface area contributed by atoms with Gasteiger partial charge in [-0.15, -0.1) is 11.6 Å². The maximum atomic E-state index is 12.2. The second-order valence-corrected chi connectivity index (χ2v) is 5.14. The predicted molar refractivity (Wildman–Crippen MR) is 74.4 cm³/mol. The molecule has 1 aromatic heterocycles. The molecule has 1 aromatic rings. The molecule has 1 aliphatic heterocycles. The Morgan fingerprint density at radius 2 is 2.17 bits per heavy atom. The Labute approximate surface area is 113 Å². The van der Waals surface area contributed by atoms with Crippen molar-refractivity contribution in [3.63, 3.8) is 0 Å². The Hall–Kier alpha value is -1.03. The molecule has 4 nitrogen and oxygen atoms in total. The number of aryl methyl sites for hydroxylation is 1. The molecular weight excluding hydrogens is 250 g/mol. The van der Waals surface area contributed by atoms with E-state index >= 15 is 0 Å². The van der Waals surface area contributed by atoms with Gasteiger partial charge in [0.2, 0.25) is 0 Å². The summed E-state index contributed by atoms with van der Waals surface area (Å²) >= 11 is 5.87. The van der Waals surface area contributed by atoms with Gasteiger partial charge in [0.25, 0.3) is 5.56 Å². The van der Waals surface area contributed by atoms with E-state index in [0.29, 0.717) is 11.7 Å². The molecule has 0 aliphatic carbocycles. The molecule has 0 atom stereocenters.